The van der Waals surface area contributed by atoms with E-state index in [4.69, 9.17) is 9.47 Å². The van der Waals surface area contributed by atoms with Crippen molar-refractivity contribution >= 4 is 5.91 Å². The van der Waals surface area contributed by atoms with Crippen molar-refractivity contribution in [2.75, 3.05) is 34.9 Å². The maximum Gasteiger partial charge on any atom is 0.222 e. The quantitative estimate of drug-likeness (QED) is 0.736. The molecule has 0 aliphatic rings. The molecule has 1 amide bonds. The lowest BCUT2D eigenvalue weighted by Gasteiger charge is -2.13. The van der Waals surface area contributed by atoms with E-state index in [0.29, 0.717) is 25.2 Å². The number of hydrogen-bond acceptors (Lipinski definition) is 4. The number of ether oxygens (including phenoxy) is 2. The maximum atomic E-state index is 11.5. The molecule has 0 aliphatic carbocycles. The van der Waals surface area contributed by atoms with Crippen LogP contribution in [0.3, 0.4) is 0 Å². The van der Waals surface area contributed by atoms with E-state index in [1.807, 2.05) is 25.2 Å². The van der Waals surface area contributed by atoms with Gasteiger partial charge in [-0.25, -0.2) is 0 Å². The molecule has 0 unspecified atom stereocenters. The Bertz CT molecular complexity index is 433. The molecule has 1 aromatic carbocycles. The van der Waals surface area contributed by atoms with Crippen molar-refractivity contribution in [1.29, 1.82) is 0 Å². The zero-order valence-electron chi connectivity index (χ0n) is 12.7. The van der Waals surface area contributed by atoms with Crippen molar-refractivity contribution in [2.24, 2.45) is 0 Å². The first-order valence-corrected chi connectivity index (χ1v) is 6.73. The van der Waals surface area contributed by atoms with Crippen LogP contribution >= 0.6 is 0 Å². The zero-order chi connectivity index (χ0) is 15.0. The molecular formula is C15H24N2O3. The van der Waals surface area contributed by atoms with Gasteiger partial charge in [0.1, 0.15) is 0 Å². The third-order valence-electron chi connectivity index (χ3n) is 2.90. The highest BCUT2D eigenvalue weighted by molar-refractivity contribution is 5.75. The molecular weight excluding hydrogens is 256 g/mol. The predicted molar refractivity (Wildman–Crippen MR) is 79.2 cm³/mol. The van der Waals surface area contributed by atoms with Crippen molar-refractivity contribution < 1.29 is 14.3 Å². The van der Waals surface area contributed by atoms with Crippen molar-refractivity contribution in [2.45, 2.75) is 19.4 Å². The fourth-order valence-electron chi connectivity index (χ4n) is 1.78. The highest BCUT2D eigenvalue weighted by Crippen LogP contribution is 2.28. The van der Waals surface area contributed by atoms with Gasteiger partial charge in [-0.1, -0.05) is 6.07 Å². The second kappa shape index (κ2) is 8.43. The molecule has 0 saturated heterocycles. The molecule has 0 bridgehead atoms. The van der Waals surface area contributed by atoms with Crippen LogP contribution in [0, 0.1) is 0 Å². The Morgan fingerprint density at radius 3 is 2.65 bits per heavy atom. The Hall–Kier alpha value is -1.75. The smallest absolute Gasteiger partial charge is 0.222 e. The Balaban J connectivity index is 2.53. The number of rotatable bonds is 8. The molecule has 0 fully saturated rings. The summed E-state index contributed by atoms with van der Waals surface area (Å²) in [6.07, 6.45) is 1.18. The topological polar surface area (TPSA) is 50.8 Å². The number of carbonyl (C=O) groups excluding carboxylic acids is 1. The minimum Gasteiger partial charge on any atom is -0.493 e. The molecule has 0 aliphatic heterocycles. The number of carbonyl (C=O) groups is 1. The van der Waals surface area contributed by atoms with E-state index in [-0.39, 0.29) is 5.91 Å². The van der Waals surface area contributed by atoms with Crippen LogP contribution in [0.5, 0.6) is 11.5 Å². The van der Waals surface area contributed by atoms with Crippen molar-refractivity contribution in [3.63, 3.8) is 0 Å². The first kappa shape index (κ1) is 16.3. The molecule has 0 aromatic heterocycles. The van der Waals surface area contributed by atoms with Crippen LogP contribution in [-0.4, -0.2) is 45.7 Å². The number of benzene rings is 1. The minimum atomic E-state index is 0.115. The van der Waals surface area contributed by atoms with Gasteiger partial charge in [0.2, 0.25) is 5.91 Å². The summed E-state index contributed by atoms with van der Waals surface area (Å²) in [5, 5.41) is 3.10. The molecule has 20 heavy (non-hydrogen) atoms. The molecule has 0 saturated carbocycles. The fourth-order valence-corrected chi connectivity index (χ4v) is 1.78. The first-order chi connectivity index (χ1) is 9.58. The zero-order valence-corrected chi connectivity index (χ0v) is 12.7. The Morgan fingerprint density at radius 1 is 1.30 bits per heavy atom. The molecule has 0 heterocycles. The van der Waals surface area contributed by atoms with Gasteiger partial charge in [0, 0.05) is 27.1 Å². The standard InChI is InChI=1S/C15H24N2O3/c1-16-11-12-7-8-13(19-4)14(10-12)20-9-5-6-15(18)17(2)3/h7-8,10,16H,5-6,9,11H2,1-4H3. The van der Waals surface area contributed by atoms with E-state index < -0.39 is 0 Å². The predicted octanol–water partition coefficient (Wildman–Crippen LogP) is 1.66. The number of methoxy groups -OCH3 is 1. The van der Waals surface area contributed by atoms with E-state index in [0.717, 1.165) is 17.9 Å². The molecule has 0 spiro atoms. The fraction of sp³-hybridized carbons (Fsp3) is 0.533. The SMILES string of the molecule is CNCc1ccc(OC)c(OCCCC(=O)N(C)C)c1. The van der Waals surface area contributed by atoms with Crippen molar-refractivity contribution in [3.8, 4) is 11.5 Å². The second-order valence-electron chi connectivity index (χ2n) is 4.76. The average Bonchev–Trinajstić information content (AvgIpc) is 2.43. The second-order valence-corrected chi connectivity index (χ2v) is 4.76. The van der Waals surface area contributed by atoms with Crippen molar-refractivity contribution in [3.05, 3.63) is 23.8 Å². The largest absolute Gasteiger partial charge is 0.493 e. The van der Waals surface area contributed by atoms with Crippen LogP contribution in [0.15, 0.2) is 18.2 Å². The first-order valence-electron chi connectivity index (χ1n) is 6.73. The molecule has 0 atom stereocenters. The third-order valence-corrected chi connectivity index (χ3v) is 2.90. The molecule has 5 heteroatoms. The minimum absolute atomic E-state index is 0.115. The lowest BCUT2D eigenvalue weighted by atomic mass is 10.2. The number of nitrogens with zero attached hydrogens (tertiary/aromatic N) is 1. The lowest BCUT2D eigenvalue weighted by molar-refractivity contribution is -0.128. The summed E-state index contributed by atoms with van der Waals surface area (Å²) in [4.78, 5) is 13.0. The van der Waals surface area contributed by atoms with Gasteiger partial charge in [0.15, 0.2) is 11.5 Å². The number of amides is 1. The molecule has 112 valence electrons. The van der Waals surface area contributed by atoms with Gasteiger partial charge in [-0.05, 0) is 31.2 Å². The lowest BCUT2D eigenvalue weighted by Crippen LogP contribution is -2.21. The third kappa shape index (κ3) is 5.09. The Kier molecular flexibility index (Phi) is 6.87. The normalized spacial score (nSPS) is 10.2. The highest BCUT2D eigenvalue weighted by Gasteiger charge is 2.07. The van der Waals surface area contributed by atoms with Crippen LogP contribution in [0.1, 0.15) is 18.4 Å². The van der Waals surface area contributed by atoms with Crippen LogP contribution in [-0.2, 0) is 11.3 Å². The van der Waals surface area contributed by atoms with E-state index in [1.165, 1.54) is 0 Å². The molecule has 0 radical (unpaired) electrons. The number of nitrogens with one attached hydrogen (secondary N) is 1. The van der Waals surface area contributed by atoms with Gasteiger partial charge in [0.25, 0.3) is 0 Å². The van der Waals surface area contributed by atoms with Crippen LogP contribution < -0.4 is 14.8 Å². The van der Waals surface area contributed by atoms with Gasteiger partial charge < -0.3 is 19.7 Å². The molecule has 1 rings (SSSR count). The summed E-state index contributed by atoms with van der Waals surface area (Å²) in [5.41, 5.74) is 1.13. The number of hydrogen-bond donors (Lipinski definition) is 1. The molecule has 1 N–H and O–H groups in total. The summed E-state index contributed by atoms with van der Waals surface area (Å²) >= 11 is 0. The van der Waals surface area contributed by atoms with E-state index in [2.05, 4.69) is 5.32 Å². The van der Waals surface area contributed by atoms with Gasteiger partial charge in [-0.3, -0.25) is 4.79 Å². The summed E-state index contributed by atoms with van der Waals surface area (Å²) in [5.74, 6) is 1.55. The van der Waals surface area contributed by atoms with E-state index >= 15 is 0 Å². The van der Waals surface area contributed by atoms with Crippen LogP contribution in [0.2, 0.25) is 0 Å². The Morgan fingerprint density at radius 2 is 2.05 bits per heavy atom. The summed E-state index contributed by atoms with van der Waals surface area (Å²) < 4.78 is 11.0. The van der Waals surface area contributed by atoms with E-state index in [1.54, 1.807) is 26.1 Å². The van der Waals surface area contributed by atoms with Crippen LogP contribution in [0.4, 0.5) is 0 Å². The molecule has 5 nitrogen and oxygen atoms in total. The van der Waals surface area contributed by atoms with Crippen molar-refractivity contribution in [1.82, 2.24) is 10.2 Å². The summed E-state index contributed by atoms with van der Waals surface area (Å²) in [6.45, 7) is 1.28. The molecule has 1 aromatic rings. The monoisotopic (exact) mass is 280 g/mol. The van der Waals surface area contributed by atoms with Gasteiger partial charge >= 0.3 is 0 Å². The van der Waals surface area contributed by atoms with Gasteiger partial charge in [-0.15, -0.1) is 0 Å². The maximum absolute atomic E-state index is 11.5. The average molecular weight is 280 g/mol. The van der Waals surface area contributed by atoms with E-state index in [9.17, 15) is 4.79 Å². The van der Waals surface area contributed by atoms with Gasteiger partial charge in [0.05, 0.1) is 13.7 Å². The van der Waals surface area contributed by atoms with Crippen LogP contribution in [0.25, 0.3) is 0 Å². The Labute approximate surface area is 120 Å². The summed E-state index contributed by atoms with van der Waals surface area (Å²) in [7, 11) is 7.04. The highest BCUT2D eigenvalue weighted by atomic mass is 16.5. The summed E-state index contributed by atoms with van der Waals surface area (Å²) in [6, 6.07) is 5.86. The van der Waals surface area contributed by atoms with Gasteiger partial charge in [-0.2, -0.15) is 0 Å².